The van der Waals surface area contributed by atoms with Crippen LogP contribution in [-0.4, -0.2) is 26.3 Å². The molecule has 2 N–H and O–H groups in total. The largest absolute Gasteiger partial charge is 0.488 e. The summed E-state index contributed by atoms with van der Waals surface area (Å²) in [5.41, 5.74) is 22.0. The molecular weight excluding hydrogens is 943 g/mol. The smallest absolute Gasteiger partial charge is 0.423 e. The van der Waals surface area contributed by atoms with Crippen molar-refractivity contribution in [3.05, 3.63) is 256 Å². The summed E-state index contributed by atoms with van der Waals surface area (Å²) in [5, 5.41) is 22.4. The molecule has 0 unspecified atom stereocenters. The molecule has 9 aromatic carbocycles. The number of para-hydroxylation sites is 3. The third-order valence-corrected chi connectivity index (χ3v) is 15.6. The average Bonchev–Trinajstić information content (AvgIpc) is 4.07. The fraction of sp³-hybridized carbons (Fsp3) is 0.0909. The lowest BCUT2D eigenvalue weighted by Gasteiger charge is -2.21. The Morgan fingerprint density at radius 3 is 1.64 bits per heavy atom. The molecule has 72 heavy (non-hydrogen) atoms. The molecule has 0 radical (unpaired) electrons. The SMILES string of the molecule is Brc1ccc2c(c1)c1c(n2-c2ccccc2)C=[C+]C=C1.CC1(C)c2ccccc2-c2cc(-c3ccc4c(c3)c3ccccc3n4-c3ccccc3)ccc21.CC1(C)c2ccccc2-c2cc(B(O)O)ccc21. The molecule has 14 rings (SSSR count). The maximum Gasteiger partial charge on any atom is 0.488 e. The van der Waals surface area contributed by atoms with Crippen molar-refractivity contribution in [3.8, 4) is 44.8 Å². The van der Waals surface area contributed by atoms with Crippen molar-refractivity contribution in [3.63, 3.8) is 0 Å². The number of rotatable bonds is 4. The normalized spacial score (nSPS) is 13.8. The van der Waals surface area contributed by atoms with Gasteiger partial charge in [0.15, 0.2) is 5.69 Å². The van der Waals surface area contributed by atoms with E-state index in [1.54, 1.807) is 6.07 Å². The van der Waals surface area contributed by atoms with Gasteiger partial charge >= 0.3 is 7.12 Å². The predicted molar refractivity (Wildman–Crippen MR) is 305 cm³/mol. The zero-order valence-corrected chi connectivity index (χ0v) is 42.2. The summed E-state index contributed by atoms with van der Waals surface area (Å²) in [6.45, 7) is 9.07. The molecule has 0 aliphatic heterocycles. The number of benzene rings is 9. The van der Waals surface area contributed by atoms with E-state index < -0.39 is 7.12 Å². The molecule has 0 atom stereocenters. The summed E-state index contributed by atoms with van der Waals surface area (Å²) in [7, 11) is -1.41. The number of allylic oxidation sites excluding steroid dienone is 2. The second-order valence-corrected chi connectivity index (χ2v) is 20.9. The predicted octanol–water partition coefficient (Wildman–Crippen LogP) is 15.7. The van der Waals surface area contributed by atoms with Crippen LogP contribution >= 0.6 is 15.9 Å². The van der Waals surface area contributed by atoms with Crippen LogP contribution in [0.25, 0.3) is 89.6 Å². The van der Waals surface area contributed by atoms with Gasteiger partial charge in [0.1, 0.15) is 17.7 Å². The summed E-state index contributed by atoms with van der Waals surface area (Å²) in [4.78, 5) is 0. The van der Waals surface area contributed by atoms with Crippen molar-refractivity contribution >= 4 is 73.4 Å². The Balaban J connectivity index is 0.000000119. The molecule has 0 spiro atoms. The topological polar surface area (TPSA) is 50.3 Å². The lowest BCUT2D eigenvalue weighted by atomic mass is 9.77. The molecule has 6 heteroatoms. The first kappa shape index (κ1) is 45.3. The molecule has 3 aliphatic rings. The zero-order chi connectivity index (χ0) is 49.3. The van der Waals surface area contributed by atoms with Crippen LogP contribution in [0.15, 0.2) is 217 Å². The van der Waals surface area contributed by atoms with E-state index in [1.807, 2.05) is 36.4 Å². The van der Waals surface area contributed by atoms with Gasteiger partial charge in [0.2, 0.25) is 0 Å². The Labute approximate surface area is 429 Å². The first-order chi connectivity index (χ1) is 35.0. The highest BCUT2D eigenvalue weighted by Gasteiger charge is 2.37. The molecule has 0 amide bonds. The van der Waals surface area contributed by atoms with E-state index in [9.17, 15) is 10.0 Å². The Bertz CT molecular complexity index is 3970. The molecule has 0 bridgehead atoms. The third kappa shape index (κ3) is 7.50. The standard InChI is InChI=1S/C33H25N.C18H11BrN.C15H15BO2/c1-33(2)29-14-8-6-12-25(29)27-20-22(16-18-30(27)33)23-17-19-32-28(21-23)26-13-7-9-15-31(26)34(32)24-10-4-3-5-11-24;19-13-10-11-18-16(12-13)15-8-4-5-9-17(15)20(18)14-6-2-1-3-7-14;1-15(2)13-6-4-3-5-11(13)12-9-10(16(17)18)7-8-14(12)15/h3-21H,1-2H3;1-4,6-12H;3-9,17-18H,1-2H3/q;+1;. The number of hydrogen-bond acceptors (Lipinski definition) is 2. The Kier molecular flexibility index (Phi) is 11.2. The minimum Gasteiger partial charge on any atom is -0.423 e. The molecule has 2 aromatic heterocycles. The van der Waals surface area contributed by atoms with Crippen molar-refractivity contribution in [2.75, 3.05) is 0 Å². The van der Waals surface area contributed by atoms with Crippen LogP contribution < -0.4 is 5.46 Å². The van der Waals surface area contributed by atoms with E-state index in [0.717, 1.165) is 10.0 Å². The van der Waals surface area contributed by atoms with E-state index in [1.165, 1.54) is 105 Å². The Morgan fingerprint density at radius 2 is 0.958 bits per heavy atom. The Hall–Kier alpha value is -7.83. The van der Waals surface area contributed by atoms with Gasteiger partial charge in [-0.05, 0) is 128 Å². The summed E-state index contributed by atoms with van der Waals surface area (Å²) >= 11 is 3.57. The Morgan fingerprint density at radius 1 is 0.444 bits per heavy atom. The summed E-state index contributed by atoms with van der Waals surface area (Å²) in [6, 6.07) is 73.0. The quantitative estimate of drug-likeness (QED) is 0.136. The first-order valence-electron chi connectivity index (χ1n) is 24.6. The lowest BCUT2D eigenvalue weighted by molar-refractivity contribution is 0.426. The minimum absolute atomic E-state index is 0.0230. The maximum absolute atomic E-state index is 9.29. The fourth-order valence-electron chi connectivity index (χ4n) is 11.5. The van der Waals surface area contributed by atoms with Gasteiger partial charge in [0.25, 0.3) is 0 Å². The third-order valence-electron chi connectivity index (χ3n) is 15.1. The molecule has 346 valence electrons. The molecular formula is C66H51BBrN2O2+. The van der Waals surface area contributed by atoms with Crippen molar-refractivity contribution in [2.24, 2.45) is 0 Å². The van der Waals surface area contributed by atoms with Crippen molar-refractivity contribution in [1.29, 1.82) is 0 Å². The second-order valence-electron chi connectivity index (χ2n) is 20.0. The molecule has 0 fully saturated rings. The van der Waals surface area contributed by atoms with Gasteiger partial charge in [-0.25, -0.2) is 0 Å². The van der Waals surface area contributed by atoms with Crippen LogP contribution in [-0.2, 0) is 10.8 Å². The van der Waals surface area contributed by atoms with Gasteiger partial charge in [0, 0.05) is 43.2 Å². The molecule has 11 aromatic rings. The average molecular weight is 995 g/mol. The highest BCUT2D eigenvalue weighted by molar-refractivity contribution is 9.10. The van der Waals surface area contributed by atoms with Gasteiger partial charge in [-0.2, -0.15) is 0 Å². The highest BCUT2D eigenvalue weighted by atomic mass is 79.9. The fourth-order valence-corrected chi connectivity index (χ4v) is 11.9. The first-order valence-corrected chi connectivity index (χ1v) is 25.4. The number of halogens is 1. The van der Waals surface area contributed by atoms with E-state index >= 15 is 0 Å². The highest BCUT2D eigenvalue weighted by Crippen LogP contribution is 2.50. The molecule has 0 saturated heterocycles. The van der Waals surface area contributed by atoms with Crippen molar-refractivity contribution in [2.45, 2.75) is 38.5 Å². The van der Waals surface area contributed by atoms with Crippen molar-refractivity contribution < 1.29 is 10.0 Å². The lowest BCUT2D eigenvalue weighted by Crippen LogP contribution is -2.30. The van der Waals surface area contributed by atoms with Crippen molar-refractivity contribution in [1.82, 2.24) is 9.13 Å². The molecule has 2 heterocycles. The zero-order valence-electron chi connectivity index (χ0n) is 40.6. The van der Waals surface area contributed by atoms with E-state index in [0.29, 0.717) is 5.46 Å². The monoisotopic (exact) mass is 993 g/mol. The van der Waals surface area contributed by atoms with Crippen LogP contribution in [0.1, 0.15) is 61.2 Å². The summed E-state index contributed by atoms with van der Waals surface area (Å²) < 4.78 is 5.76. The second kappa shape index (κ2) is 17.8. The van der Waals surface area contributed by atoms with Crippen LogP contribution in [0.5, 0.6) is 0 Å². The van der Waals surface area contributed by atoms with E-state index in [-0.39, 0.29) is 10.8 Å². The van der Waals surface area contributed by atoms with Gasteiger partial charge in [-0.15, -0.1) is 0 Å². The summed E-state index contributed by atoms with van der Waals surface area (Å²) in [5.74, 6) is 0. The van der Waals surface area contributed by atoms with Crippen LogP contribution in [0, 0.1) is 6.08 Å². The van der Waals surface area contributed by atoms with Crippen LogP contribution in [0.2, 0.25) is 0 Å². The van der Waals surface area contributed by atoms with Gasteiger partial charge in [-0.3, -0.25) is 4.57 Å². The minimum atomic E-state index is -1.41. The number of hydrogen-bond donors (Lipinski definition) is 2. The van der Waals surface area contributed by atoms with Crippen LogP contribution in [0.3, 0.4) is 0 Å². The molecule has 0 saturated carbocycles. The number of fused-ring (bicyclic) bond motifs is 12. The molecule has 3 aliphatic carbocycles. The van der Waals surface area contributed by atoms with Gasteiger partial charge in [0.05, 0.1) is 28.3 Å². The number of aromatic nitrogens is 2. The van der Waals surface area contributed by atoms with Crippen LogP contribution in [0.4, 0.5) is 0 Å². The number of nitrogens with zero attached hydrogens (tertiary/aromatic N) is 2. The van der Waals surface area contributed by atoms with E-state index in [4.69, 9.17) is 0 Å². The van der Waals surface area contributed by atoms with Gasteiger partial charge < -0.3 is 14.6 Å². The summed E-state index contributed by atoms with van der Waals surface area (Å²) in [6.07, 6.45) is 9.34. The van der Waals surface area contributed by atoms with Gasteiger partial charge in [-0.1, -0.05) is 183 Å². The maximum atomic E-state index is 9.29. The van der Waals surface area contributed by atoms with E-state index in [2.05, 4.69) is 241 Å². The molecule has 4 nitrogen and oxygen atoms in total.